The second-order valence-electron chi connectivity index (χ2n) is 6.26. The highest BCUT2D eigenvalue weighted by atomic mass is 16.5. The lowest BCUT2D eigenvalue weighted by molar-refractivity contribution is 0.231. The van der Waals surface area contributed by atoms with Crippen molar-refractivity contribution in [1.82, 2.24) is 0 Å². The lowest BCUT2D eigenvalue weighted by Crippen LogP contribution is -2.26. The number of hydrogen-bond donors (Lipinski definition) is 3. The minimum Gasteiger partial charge on any atom is -0.492 e. The summed E-state index contributed by atoms with van der Waals surface area (Å²) in [5, 5.41) is 25.3. The van der Waals surface area contributed by atoms with Gasteiger partial charge in [0.15, 0.2) is 0 Å². The van der Waals surface area contributed by atoms with Crippen molar-refractivity contribution >= 4 is 28.5 Å². The smallest absolute Gasteiger partial charge is 0.142 e. The SMILES string of the molecule is CCCOC1=CC(=Nc2ccc(N(CC)CCO)cc2C)C(=N)CC1=N. The fraction of sp³-hybridized carbons (Fsp3) is 0.450. The van der Waals surface area contributed by atoms with E-state index in [0.717, 1.165) is 29.9 Å². The summed E-state index contributed by atoms with van der Waals surface area (Å²) in [6.07, 6.45) is 2.81. The summed E-state index contributed by atoms with van der Waals surface area (Å²) in [7, 11) is 0. The monoisotopic (exact) mass is 356 g/mol. The van der Waals surface area contributed by atoms with Crippen molar-refractivity contribution in [1.29, 1.82) is 10.8 Å². The van der Waals surface area contributed by atoms with Crippen molar-refractivity contribution in [3.05, 3.63) is 35.6 Å². The van der Waals surface area contributed by atoms with Crippen LogP contribution in [0, 0.1) is 17.7 Å². The Labute approximate surface area is 155 Å². The summed E-state index contributed by atoms with van der Waals surface area (Å²) in [6, 6.07) is 5.97. The van der Waals surface area contributed by atoms with Crippen LogP contribution >= 0.6 is 0 Å². The molecule has 0 radical (unpaired) electrons. The molecule has 0 heterocycles. The molecule has 1 aromatic carbocycles. The van der Waals surface area contributed by atoms with E-state index >= 15 is 0 Å². The predicted molar refractivity (Wildman–Crippen MR) is 108 cm³/mol. The van der Waals surface area contributed by atoms with E-state index in [1.807, 2.05) is 32.0 Å². The lowest BCUT2D eigenvalue weighted by atomic mass is 9.99. The molecule has 0 saturated carbocycles. The van der Waals surface area contributed by atoms with Crippen molar-refractivity contribution in [2.75, 3.05) is 31.2 Å². The fourth-order valence-corrected chi connectivity index (χ4v) is 2.78. The van der Waals surface area contributed by atoms with E-state index in [4.69, 9.17) is 15.6 Å². The first-order valence-corrected chi connectivity index (χ1v) is 9.05. The second-order valence-corrected chi connectivity index (χ2v) is 6.26. The van der Waals surface area contributed by atoms with Gasteiger partial charge in [-0.3, -0.25) is 0 Å². The molecule has 1 aliphatic carbocycles. The van der Waals surface area contributed by atoms with Crippen molar-refractivity contribution in [2.24, 2.45) is 4.99 Å². The van der Waals surface area contributed by atoms with Gasteiger partial charge in [0.2, 0.25) is 0 Å². The average Bonchev–Trinajstić information content (AvgIpc) is 2.62. The number of aliphatic imine (C=N–C) groups is 1. The van der Waals surface area contributed by atoms with E-state index in [0.29, 0.717) is 36.0 Å². The topological polar surface area (TPSA) is 92.8 Å². The molecule has 2 rings (SSSR count). The van der Waals surface area contributed by atoms with Gasteiger partial charge >= 0.3 is 0 Å². The number of anilines is 1. The van der Waals surface area contributed by atoms with Gasteiger partial charge < -0.3 is 25.6 Å². The third-order valence-corrected chi connectivity index (χ3v) is 4.23. The lowest BCUT2D eigenvalue weighted by Gasteiger charge is -2.23. The molecule has 0 spiro atoms. The maximum absolute atomic E-state index is 9.18. The quantitative estimate of drug-likeness (QED) is 0.664. The Morgan fingerprint density at radius 2 is 2.00 bits per heavy atom. The Hall–Kier alpha value is -2.47. The first-order valence-electron chi connectivity index (χ1n) is 9.05. The molecule has 0 atom stereocenters. The minimum absolute atomic E-state index is 0.116. The van der Waals surface area contributed by atoms with Crippen molar-refractivity contribution in [3.8, 4) is 0 Å². The number of hydrogen-bond acceptors (Lipinski definition) is 6. The van der Waals surface area contributed by atoms with E-state index in [1.165, 1.54) is 0 Å². The number of nitrogens with one attached hydrogen (secondary N) is 2. The number of aliphatic hydroxyl groups excluding tert-OH is 1. The number of rotatable bonds is 8. The highest BCUT2D eigenvalue weighted by Crippen LogP contribution is 2.26. The van der Waals surface area contributed by atoms with Crippen molar-refractivity contribution in [2.45, 2.75) is 33.6 Å². The van der Waals surface area contributed by atoms with Gasteiger partial charge in [0.05, 0.1) is 36.0 Å². The van der Waals surface area contributed by atoms with Gasteiger partial charge in [0.1, 0.15) is 5.76 Å². The molecule has 6 heteroatoms. The molecule has 140 valence electrons. The highest BCUT2D eigenvalue weighted by Gasteiger charge is 2.20. The number of allylic oxidation sites excluding steroid dienone is 2. The summed E-state index contributed by atoms with van der Waals surface area (Å²) < 4.78 is 5.61. The summed E-state index contributed by atoms with van der Waals surface area (Å²) in [5.41, 5.74) is 4.06. The van der Waals surface area contributed by atoms with E-state index < -0.39 is 0 Å². The molecule has 26 heavy (non-hydrogen) atoms. The van der Waals surface area contributed by atoms with Crippen LogP contribution in [-0.4, -0.2) is 48.5 Å². The zero-order valence-electron chi connectivity index (χ0n) is 15.8. The van der Waals surface area contributed by atoms with Crippen LogP contribution in [0.15, 0.2) is 35.0 Å². The Bertz CT molecular complexity index is 737. The third kappa shape index (κ3) is 4.79. The summed E-state index contributed by atoms with van der Waals surface area (Å²) in [4.78, 5) is 6.74. The maximum Gasteiger partial charge on any atom is 0.142 e. The number of nitrogens with zero attached hydrogens (tertiary/aromatic N) is 2. The molecular weight excluding hydrogens is 328 g/mol. The van der Waals surface area contributed by atoms with E-state index in [2.05, 4.69) is 16.8 Å². The molecule has 3 N–H and O–H groups in total. The van der Waals surface area contributed by atoms with Gasteiger partial charge in [0.25, 0.3) is 0 Å². The molecule has 1 aliphatic rings. The molecule has 0 amide bonds. The zero-order valence-corrected chi connectivity index (χ0v) is 15.8. The summed E-state index contributed by atoms with van der Waals surface area (Å²) >= 11 is 0. The first-order chi connectivity index (χ1) is 12.5. The predicted octanol–water partition coefficient (Wildman–Crippen LogP) is 3.64. The molecule has 1 aromatic rings. The van der Waals surface area contributed by atoms with Crippen LogP contribution in [0.4, 0.5) is 11.4 Å². The van der Waals surface area contributed by atoms with Gasteiger partial charge in [-0.05, 0) is 44.0 Å². The first kappa shape index (κ1) is 19.8. The van der Waals surface area contributed by atoms with Crippen LogP contribution in [0.3, 0.4) is 0 Å². The number of benzene rings is 1. The number of aliphatic hydroxyl groups is 1. The van der Waals surface area contributed by atoms with Gasteiger partial charge in [-0.25, -0.2) is 4.99 Å². The Kier molecular flexibility index (Phi) is 7.09. The summed E-state index contributed by atoms with van der Waals surface area (Å²) in [5.74, 6) is 0.510. The van der Waals surface area contributed by atoms with Crippen molar-refractivity contribution < 1.29 is 9.84 Å². The molecule has 0 aromatic heterocycles. The molecule has 0 unspecified atom stereocenters. The largest absolute Gasteiger partial charge is 0.492 e. The van der Waals surface area contributed by atoms with Crippen LogP contribution in [0.5, 0.6) is 0 Å². The van der Waals surface area contributed by atoms with E-state index in [1.54, 1.807) is 6.08 Å². The number of aryl methyl sites for hydroxylation is 1. The zero-order chi connectivity index (χ0) is 19.1. The van der Waals surface area contributed by atoms with Crippen molar-refractivity contribution in [3.63, 3.8) is 0 Å². The fourth-order valence-electron chi connectivity index (χ4n) is 2.78. The van der Waals surface area contributed by atoms with Crippen LogP contribution in [0.2, 0.25) is 0 Å². The van der Waals surface area contributed by atoms with Gasteiger partial charge in [-0.1, -0.05) is 6.92 Å². The van der Waals surface area contributed by atoms with Crippen LogP contribution in [0.25, 0.3) is 0 Å². The molecule has 0 fully saturated rings. The Morgan fingerprint density at radius 3 is 2.62 bits per heavy atom. The van der Waals surface area contributed by atoms with Gasteiger partial charge in [-0.2, -0.15) is 0 Å². The average molecular weight is 356 g/mol. The Morgan fingerprint density at radius 1 is 1.23 bits per heavy atom. The van der Waals surface area contributed by atoms with Crippen LogP contribution < -0.4 is 4.90 Å². The molecule has 0 bridgehead atoms. The van der Waals surface area contributed by atoms with Crippen LogP contribution in [-0.2, 0) is 4.74 Å². The number of ether oxygens (including phenoxy) is 1. The maximum atomic E-state index is 9.18. The van der Waals surface area contributed by atoms with Gasteiger partial charge in [-0.15, -0.1) is 0 Å². The normalized spacial score (nSPS) is 16.0. The van der Waals surface area contributed by atoms with E-state index in [-0.39, 0.29) is 13.0 Å². The minimum atomic E-state index is 0.116. The molecule has 6 nitrogen and oxygen atoms in total. The summed E-state index contributed by atoms with van der Waals surface area (Å²) in [6.45, 7) is 8.15. The van der Waals surface area contributed by atoms with Gasteiger partial charge in [0, 0.05) is 31.3 Å². The third-order valence-electron chi connectivity index (χ3n) is 4.23. The molecular formula is C20H28N4O2. The Balaban J connectivity index is 2.31. The number of likely N-dealkylation sites (N-methyl/N-ethyl adjacent to an activating group) is 1. The highest BCUT2D eigenvalue weighted by molar-refractivity contribution is 6.51. The van der Waals surface area contributed by atoms with Crippen LogP contribution in [0.1, 0.15) is 32.3 Å². The second kappa shape index (κ2) is 9.29. The molecule has 0 saturated heterocycles. The van der Waals surface area contributed by atoms with E-state index in [9.17, 15) is 5.11 Å². The standard InChI is InChI=1S/C20H28N4O2/c1-4-10-26-20-13-19(16(21)12-17(20)22)23-18-7-6-15(11-14(18)3)24(5-2)8-9-25/h6-7,11,13,21-22,25H,4-5,8-10,12H2,1-3H3. The molecule has 0 aliphatic heterocycles.